The first kappa shape index (κ1) is 14.3. The van der Waals surface area contributed by atoms with Crippen LogP contribution < -0.4 is 4.74 Å². The van der Waals surface area contributed by atoms with Gasteiger partial charge in [-0.05, 0) is 41.8 Å². The first-order valence-electron chi connectivity index (χ1n) is 7.03. The molecule has 0 unspecified atom stereocenters. The number of ether oxygens (including phenoxy) is 1. The molecule has 0 amide bonds. The molecular weight excluding hydrogens is 282 g/mol. The molecule has 2 aromatic rings. The normalized spacial score (nSPS) is 13.4. The van der Waals surface area contributed by atoms with Gasteiger partial charge in [-0.2, -0.15) is 0 Å². The quantitative estimate of drug-likeness (QED) is 0.760. The summed E-state index contributed by atoms with van der Waals surface area (Å²) < 4.78 is 5.17. The van der Waals surface area contributed by atoms with E-state index in [4.69, 9.17) is 4.74 Å². The van der Waals surface area contributed by atoms with Crippen LogP contribution in [0.1, 0.15) is 16.7 Å². The summed E-state index contributed by atoms with van der Waals surface area (Å²) in [6.07, 6.45) is 1.31. The van der Waals surface area contributed by atoms with Gasteiger partial charge in [-0.3, -0.25) is 4.99 Å². The van der Waals surface area contributed by atoms with Crippen LogP contribution in [0.15, 0.2) is 35.3 Å². The number of rotatable bonds is 3. The second kappa shape index (κ2) is 5.60. The largest absolute Gasteiger partial charge is 0.504 e. The Morgan fingerprint density at radius 1 is 1.05 bits per heavy atom. The van der Waals surface area contributed by atoms with Crippen molar-refractivity contribution < 1.29 is 20.1 Å². The van der Waals surface area contributed by atoms with Gasteiger partial charge >= 0.3 is 0 Å². The Bertz CT molecular complexity index is 753. The highest BCUT2D eigenvalue weighted by molar-refractivity contribution is 6.04. The lowest BCUT2D eigenvalue weighted by atomic mass is 9.93. The third kappa shape index (κ3) is 2.57. The zero-order valence-corrected chi connectivity index (χ0v) is 12.2. The van der Waals surface area contributed by atoms with Gasteiger partial charge in [0.2, 0.25) is 0 Å². The Labute approximate surface area is 128 Å². The van der Waals surface area contributed by atoms with Crippen molar-refractivity contribution in [1.29, 1.82) is 0 Å². The van der Waals surface area contributed by atoms with Crippen molar-refractivity contribution in [3.05, 3.63) is 47.0 Å². The maximum Gasteiger partial charge on any atom is 0.161 e. The highest BCUT2D eigenvalue weighted by Crippen LogP contribution is 2.32. The van der Waals surface area contributed by atoms with Crippen LogP contribution in [0.2, 0.25) is 0 Å². The van der Waals surface area contributed by atoms with Gasteiger partial charge < -0.3 is 20.1 Å². The van der Waals surface area contributed by atoms with E-state index < -0.39 is 0 Å². The SMILES string of the molecule is COc1cc2c(cc1O)CCN=C2Cc1ccc(O)c(O)c1. The number of hydrogen-bond donors (Lipinski definition) is 3. The monoisotopic (exact) mass is 299 g/mol. The van der Waals surface area contributed by atoms with E-state index in [0.717, 1.165) is 28.8 Å². The molecule has 0 atom stereocenters. The number of nitrogens with zero attached hydrogens (tertiary/aromatic N) is 1. The molecule has 1 aliphatic rings. The van der Waals surface area contributed by atoms with Crippen molar-refractivity contribution in [2.24, 2.45) is 4.99 Å². The highest BCUT2D eigenvalue weighted by atomic mass is 16.5. The summed E-state index contributed by atoms with van der Waals surface area (Å²) in [5, 5.41) is 28.9. The van der Waals surface area contributed by atoms with Gasteiger partial charge in [-0.1, -0.05) is 6.07 Å². The molecule has 0 bridgehead atoms. The molecule has 3 N–H and O–H groups in total. The lowest BCUT2D eigenvalue weighted by molar-refractivity contribution is 0.373. The van der Waals surface area contributed by atoms with Gasteiger partial charge in [0.05, 0.1) is 7.11 Å². The van der Waals surface area contributed by atoms with Crippen molar-refractivity contribution in [3.8, 4) is 23.0 Å². The molecule has 0 saturated carbocycles. The second-order valence-electron chi connectivity index (χ2n) is 5.26. The summed E-state index contributed by atoms with van der Waals surface area (Å²) in [5.41, 5.74) is 3.72. The van der Waals surface area contributed by atoms with Crippen LogP contribution in [0.25, 0.3) is 0 Å². The van der Waals surface area contributed by atoms with Crippen LogP contribution in [0.5, 0.6) is 23.0 Å². The van der Waals surface area contributed by atoms with Crippen LogP contribution in [-0.2, 0) is 12.8 Å². The lowest BCUT2D eigenvalue weighted by Crippen LogP contribution is -2.15. The summed E-state index contributed by atoms with van der Waals surface area (Å²) in [5.74, 6) is 0.269. The first-order chi connectivity index (χ1) is 10.6. The number of hydrogen-bond acceptors (Lipinski definition) is 5. The van der Waals surface area contributed by atoms with Crippen molar-refractivity contribution in [1.82, 2.24) is 0 Å². The summed E-state index contributed by atoms with van der Waals surface area (Å²) >= 11 is 0. The molecule has 0 spiro atoms. The van der Waals surface area contributed by atoms with Crippen LogP contribution in [0, 0.1) is 0 Å². The molecular formula is C17H17NO4. The molecule has 0 saturated heterocycles. The Balaban J connectivity index is 1.96. The molecule has 0 aliphatic carbocycles. The molecule has 1 aliphatic heterocycles. The predicted molar refractivity (Wildman–Crippen MR) is 83.2 cm³/mol. The van der Waals surface area contributed by atoms with Crippen LogP contribution in [0.3, 0.4) is 0 Å². The van der Waals surface area contributed by atoms with E-state index in [-0.39, 0.29) is 17.2 Å². The topological polar surface area (TPSA) is 82.3 Å². The van der Waals surface area contributed by atoms with Gasteiger partial charge in [0.15, 0.2) is 23.0 Å². The molecule has 0 aromatic heterocycles. The summed E-state index contributed by atoms with van der Waals surface area (Å²) in [7, 11) is 1.51. The smallest absolute Gasteiger partial charge is 0.161 e. The lowest BCUT2D eigenvalue weighted by Gasteiger charge is -2.19. The minimum atomic E-state index is -0.141. The molecule has 0 radical (unpaired) electrons. The number of aromatic hydroxyl groups is 3. The van der Waals surface area contributed by atoms with E-state index in [1.165, 1.54) is 19.2 Å². The van der Waals surface area contributed by atoms with E-state index in [1.807, 2.05) is 0 Å². The Morgan fingerprint density at radius 2 is 1.86 bits per heavy atom. The fraction of sp³-hybridized carbons (Fsp3) is 0.235. The molecule has 22 heavy (non-hydrogen) atoms. The first-order valence-corrected chi connectivity index (χ1v) is 7.03. The van der Waals surface area contributed by atoms with Gasteiger partial charge in [-0.15, -0.1) is 0 Å². The number of benzene rings is 2. The van der Waals surface area contributed by atoms with E-state index in [9.17, 15) is 15.3 Å². The zero-order valence-electron chi connectivity index (χ0n) is 12.2. The molecule has 1 heterocycles. The number of methoxy groups -OCH3 is 1. The fourth-order valence-corrected chi connectivity index (χ4v) is 2.67. The van der Waals surface area contributed by atoms with Crippen molar-refractivity contribution >= 4 is 5.71 Å². The fourth-order valence-electron chi connectivity index (χ4n) is 2.67. The summed E-state index contributed by atoms with van der Waals surface area (Å²) in [6, 6.07) is 8.26. The third-order valence-corrected chi connectivity index (χ3v) is 3.81. The van der Waals surface area contributed by atoms with E-state index in [2.05, 4.69) is 4.99 Å². The maximum atomic E-state index is 9.88. The number of phenols is 3. The minimum Gasteiger partial charge on any atom is -0.504 e. The standard InChI is InChI=1S/C17H17NO4/c1-22-17-9-12-11(8-16(17)21)4-5-18-13(12)6-10-2-3-14(19)15(20)7-10/h2-3,7-9,19-21H,4-6H2,1H3. The van der Waals surface area contributed by atoms with Crippen LogP contribution in [-0.4, -0.2) is 34.7 Å². The number of phenolic OH excluding ortho intramolecular Hbond substituents is 3. The van der Waals surface area contributed by atoms with Gasteiger partial charge in [-0.25, -0.2) is 0 Å². The van der Waals surface area contributed by atoms with Crippen molar-refractivity contribution in [2.45, 2.75) is 12.8 Å². The minimum absolute atomic E-state index is 0.129. The van der Waals surface area contributed by atoms with E-state index >= 15 is 0 Å². The highest BCUT2D eigenvalue weighted by Gasteiger charge is 2.18. The van der Waals surface area contributed by atoms with Gasteiger partial charge in [0.1, 0.15) is 0 Å². The molecule has 114 valence electrons. The van der Waals surface area contributed by atoms with Gasteiger partial charge in [0, 0.05) is 24.2 Å². The van der Waals surface area contributed by atoms with Crippen LogP contribution >= 0.6 is 0 Å². The molecule has 5 nitrogen and oxygen atoms in total. The average molecular weight is 299 g/mol. The van der Waals surface area contributed by atoms with E-state index in [1.54, 1.807) is 18.2 Å². The molecule has 5 heteroatoms. The average Bonchev–Trinajstić information content (AvgIpc) is 2.50. The Hall–Kier alpha value is -2.69. The van der Waals surface area contributed by atoms with Crippen molar-refractivity contribution in [3.63, 3.8) is 0 Å². The summed E-state index contributed by atoms with van der Waals surface area (Å²) in [6.45, 7) is 0.665. The third-order valence-electron chi connectivity index (χ3n) is 3.81. The Morgan fingerprint density at radius 3 is 2.59 bits per heavy atom. The second-order valence-corrected chi connectivity index (χ2v) is 5.26. The number of aliphatic imine (C=N–C) groups is 1. The maximum absolute atomic E-state index is 9.88. The predicted octanol–water partition coefficient (Wildman–Crippen LogP) is 2.40. The molecule has 2 aromatic carbocycles. The number of fused-ring (bicyclic) bond motifs is 1. The van der Waals surface area contributed by atoms with Crippen LogP contribution in [0.4, 0.5) is 0 Å². The van der Waals surface area contributed by atoms with E-state index in [0.29, 0.717) is 18.7 Å². The zero-order chi connectivity index (χ0) is 15.7. The van der Waals surface area contributed by atoms with Crippen molar-refractivity contribution in [2.75, 3.05) is 13.7 Å². The van der Waals surface area contributed by atoms with Gasteiger partial charge in [0.25, 0.3) is 0 Å². The summed E-state index contributed by atoms with van der Waals surface area (Å²) in [4.78, 5) is 4.56. The molecule has 0 fully saturated rings. The molecule has 3 rings (SSSR count). The Kier molecular flexibility index (Phi) is 3.63.